The Hall–Kier alpha value is -3.30. The zero-order valence-electron chi connectivity index (χ0n) is 18.4. The van der Waals surface area contributed by atoms with Crippen LogP contribution in [0.3, 0.4) is 0 Å². The lowest BCUT2D eigenvalue weighted by molar-refractivity contribution is -0.0414. The van der Waals surface area contributed by atoms with Crippen LogP contribution in [0.4, 0.5) is 13.2 Å². The molecule has 2 aromatic heterocycles. The highest BCUT2D eigenvalue weighted by atomic mass is 32.1. The average molecular weight is 487 g/mol. The van der Waals surface area contributed by atoms with Gasteiger partial charge in [0.05, 0.1) is 12.1 Å². The molecule has 0 saturated carbocycles. The van der Waals surface area contributed by atoms with E-state index in [1.807, 2.05) is 13.8 Å². The largest absolute Gasteiger partial charge is 0.507 e. The summed E-state index contributed by atoms with van der Waals surface area (Å²) in [5, 5.41) is 20.6. The first kappa shape index (κ1) is 22.5. The number of hydrogen-bond donors (Lipinski definition) is 2. The molecule has 0 spiro atoms. The molecule has 0 bridgehead atoms. The summed E-state index contributed by atoms with van der Waals surface area (Å²) in [4.78, 5) is 12.2. The van der Waals surface area contributed by atoms with Crippen molar-refractivity contribution in [3.63, 3.8) is 0 Å². The Morgan fingerprint density at radius 3 is 2.44 bits per heavy atom. The van der Waals surface area contributed by atoms with Crippen LogP contribution < -0.4 is 0 Å². The van der Waals surface area contributed by atoms with Gasteiger partial charge in [0.25, 0.3) is 0 Å². The SMILES string of the molecule is CC1(C)COC(C)(c2ccc(C(=O)O)s2)c2c1n(-c1ccc(F)c(F)c1)c1cc(F)cc(O)c21. The first-order valence-corrected chi connectivity index (χ1v) is 11.3. The minimum atomic E-state index is -1.19. The summed E-state index contributed by atoms with van der Waals surface area (Å²) in [6.45, 7) is 5.74. The number of aromatic carboxylic acids is 1. The van der Waals surface area contributed by atoms with Crippen LogP contribution in [0.1, 0.15) is 46.6 Å². The topological polar surface area (TPSA) is 71.7 Å². The number of rotatable bonds is 3. The van der Waals surface area contributed by atoms with E-state index < -0.39 is 34.4 Å². The predicted octanol–water partition coefficient (Wildman–Crippen LogP) is 6.08. The molecule has 1 aliphatic rings. The number of nitrogens with zero attached hydrogens (tertiary/aromatic N) is 1. The van der Waals surface area contributed by atoms with Gasteiger partial charge in [-0.25, -0.2) is 18.0 Å². The van der Waals surface area contributed by atoms with Crippen molar-refractivity contribution in [2.24, 2.45) is 0 Å². The van der Waals surface area contributed by atoms with Gasteiger partial charge in [-0.1, -0.05) is 13.8 Å². The molecule has 176 valence electrons. The smallest absolute Gasteiger partial charge is 0.345 e. The fourth-order valence-electron chi connectivity index (χ4n) is 4.73. The summed E-state index contributed by atoms with van der Waals surface area (Å²) < 4.78 is 50.4. The molecule has 2 N–H and O–H groups in total. The van der Waals surface area contributed by atoms with E-state index in [1.54, 1.807) is 17.6 Å². The Balaban J connectivity index is 1.94. The highest BCUT2D eigenvalue weighted by molar-refractivity contribution is 7.14. The van der Waals surface area contributed by atoms with Crippen LogP contribution >= 0.6 is 11.3 Å². The van der Waals surface area contributed by atoms with E-state index >= 15 is 0 Å². The third-order valence-corrected chi connectivity index (χ3v) is 7.58. The minimum Gasteiger partial charge on any atom is -0.507 e. The number of carboxylic acid groups (broad SMARTS) is 1. The summed E-state index contributed by atoms with van der Waals surface area (Å²) in [7, 11) is 0. The highest BCUT2D eigenvalue weighted by Gasteiger charge is 2.48. The normalized spacial score (nSPS) is 19.4. The number of carboxylic acids is 1. The monoisotopic (exact) mass is 487 g/mol. The molecule has 5 rings (SSSR count). The molecule has 34 heavy (non-hydrogen) atoms. The second-order valence-corrected chi connectivity index (χ2v) is 10.2. The van der Waals surface area contributed by atoms with Gasteiger partial charge in [-0.2, -0.15) is 0 Å². The number of phenols is 1. The van der Waals surface area contributed by atoms with Gasteiger partial charge < -0.3 is 19.5 Å². The van der Waals surface area contributed by atoms with Crippen LogP contribution in [0.5, 0.6) is 5.75 Å². The molecule has 4 aromatic rings. The molecule has 9 heteroatoms. The van der Waals surface area contributed by atoms with Gasteiger partial charge in [0.2, 0.25) is 0 Å². The van der Waals surface area contributed by atoms with E-state index in [0.717, 1.165) is 29.5 Å². The van der Waals surface area contributed by atoms with Crippen molar-refractivity contribution in [3.05, 3.63) is 80.9 Å². The minimum absolute atomic E-state index is 0.116. The molecule has 1 atom stereocenters. The number of hydrogen-bond acceptors (Lipinski definition) is 4. The van der Waals surface area contributed by atoms with E-state index in [2.05, 4.69) is 0 Å². The summed E-state index contributed by atoms with van der Waals surface area (Å²) in [5.74, 6) is -4.20. The number of aromatic nitrogens is 1. The fraction of sp³-hybridized carbons (Fsp3) is 0.240. The highest BCUT2D eigenvalue weighted by Crippen LogP contribution is 2.53. The van der Waals surface area contributed by atoms with Crippen molar-refractivity contribution in [2.75, 3.05) is 6.61 Å². The van der Waals surface area contributed by atoms with E-state index in [0.29, 0.717) is 21.5 Å². The van der Waals surface area contributed by atoms with E-state index in [4.69, 9.17) is 4.74 Å². The maximum atomic E-state index is 14.5. The first-order valence-electron chi connectivity index (χ1n) is 10.4. The van der Waals surface area contributed by atoms with Gasteiger partial charge in [-0.15, -0.1) is 11.3 Å². The maximum absolute atomic E-state index is 14.5. The molecule has 1 unspecified atom stereocenters. The van der Waals surface area contributed by atoms with Crippen molar-refractivity contribution < 1.29 is 32.9 Å². The number of fused-ring (bicyclic) bond motifs is 3. The van der Waals surface area contributed by atoms with Crippen molar-refractivity contribution in [1.29, 1.82) is 0 Å². The van der Waals surface area contributed by atoms with Crippen LogP contribution in [0.25, 0.3) is 16.6 Å². The summed E-state index contributed by atoms with van der Waals surface area (Å²) >= 11 is 1.04. The summed E-state index contributed by atoms with van der Waals surface area (Å²) in [6, 6.07) is 8.73. The lowest BCUT2D eigenvalue weighted by Crippen LogP contribution is -2.42. The van der Waals surface area contributed by atoms with Crippen LogP contribution in [-0.2, 0) is 15.8 Å². The zero-order valence-corrected chi connectivity index (χ0v) is 19.3. The molecule has 0 saturated heterocycles. The predicted molar refractivity (Wildman–Crippen MR) is 122 cm³/mol. The zero-order chi connectivity index (χ0) is 24.6. The molecule has 0 radical (unpaired) electrons. The molecule has 0 fully saturated rings. The fourth-order valence-corrected chi connectivity index (χ4v) is 5.68. The van der Waals surface area contributed by atoms with Crippen molar-refractivity contribution >= 4 is 28.2 Å². The van der Waals surface area contributed by atoms with Gasteiger partial charge in [-0.3, -0.25) is 0 Å². The van der Waals surface area contributed by atoms with E-state index in [9.17, 15) is 28.2 Å². The van der Waals surface area contributed by atoms with Crippen LogP contribution in [-0.4, -0.2) is 27.4 Å². The van der Waals surface area contributed by atoms with Gasteiger partial charge in [-0.05, 0) is 37.3 Å². The quantitative estimate of drug-likeness (QED) is 0.367. The lowest BCUT2D eigenvalue weighted by atomic mass is 9.78. The third-order valence-electron chi connectivity index (χ3n) is 6.30. The summed E-state index contributed by atoms with van der Waals surface area (Å²) in [5.41, 5.74) is -0.235. The second kappa shape index (κ2) is 7.35. The van der Waals surface area contributed by atoms with E-state index in [-0.39, 0.29) is 28.4 Å². The molecule has 2 aromatic carbocycles. The van der Waals surface area contributed by atoms with Gasteiger partial charge in [0.15, 0.2) is 11.6 Å². The van der Waals surface area contributed by atoms with Gasteiger partial charge in [0.1, 0.15) is 22.0 Å². The second-order valence-electron chi connectivity index (χ2n) is 9.15. The molecule has 0 amide bonds. The number of benzene rings is 2. The number of carbonyl (C=O) groups is 1. The maximum Gasteiger partial charge on any atom is 0.345 e. The van der Waals surface area contributed by atoms with Gasteiger partial charge >= 0.3 is 5.97 Å². The molecular formula is C25H20F3NO4S. The van der Waals surface area contributed by atoms with Crippen LogP contribution in [0.15, 0.2) is 42.5 Å². The number of halogens is 3. The van der Waals surface area contributed by atoms with Crippen molar-refractivity contribution in [2.45, 2.75) is 31.8 Å². The molecule has 5 nitrogen and oxygen atoms in total. The number of thiophene rings is 1. The Kier molecular flexibility index (Phi) is 4.86. The Morgan fingerprint density at radius 1 is 1.06 bits per heavy atom. The Bertz CT molecular complexity index is 1490. The molecular weight excluding hydrogens is 467 g/mol. The Labute approximate surface area is 196 Å². The van der Waals surface area contributed by atoms with Crippen molar-refractivity contribution in [1.82, 2.24) is 4.57 Å². The van der Waals surface area contributed by atoms with Crippen LogP contribution in [0, 0.1) is 17.5 Å². The molecule has 3 heterocycles. The van der Waals surface area contributed by atoms with Crippen molar-refractivity contribution in [3.8, 4) is 11.4 Å². The number of aromatic hydroxyl groups is 1. The number of phenolic OH excluding ortho intramolecular Hbond substituents is 1. The standard InChI is InChI=1S/C25H20F3NO4S/c1-24(2)11-33-25(3,19-7-6-18(34-19)23(31)32)21-20-16(8-12(26)9-17(20)30)29(22(21)24)13-4-5-14(27)15(28)10-13/h4-10,30H,11H2,1-3H3,(H,31,32). The van der Waals surface area contributed by atoms with E-state index in [1.165, 1.54) is 18.2 Å². The average Bonchev–Trinajstić information content (AvgIpc) is 3.38. The number of ether oxygens (including phenoxy) is 1. The van der Waals surface area contributed by atoms with Crippen LogP contribution in [0.2, 0.25) is 0 Å². The Morgan fingerprint density at radius 2 is 1.79 bits per heavy atom. The summed E-state index contributed by atoms with van der Waals surface area (Å²) in [6.07, 6.45) is 0. The molecule has 1 aliphatic heterocycles. The third kappa shape index (κ3) is 3.14. The van der Waals surface area contributed by atoms with Gasteiger partial charge in [0, 0.05) is 44.8 Å². The lowest BCUT2D eigenvalue weighted by Gasteiger charge is -2.42. The molecule has 0 aliphatic carbocycles. The first-order chi connectivity index (χ1) is 15.9.